The number of carbonyl (C=O) groups excluding carboxylic acids is 3. The first-order valence-electron chi connectivity index (χ1n) is 8.99. The van der Waals surface area contributed by atoms with E-state index in [0.29, 0.717) is 17.7 Å². The van der Waals surface area contributed by atoms with Crippen molar-refractivity contribution in [2.24, 2.45) is 0 Å². The van der Waals surface area contributed by atoms with Gasteiger partial charge >= 0.3 is 6.16 Å². The van der Waals surface area contributed by atoms with Crippen molar-refractivity contribution >= 4 is 23.7 Å². The normalized spacial score (nSPS) is 10.5. The number of hydrogen-bond donors (Lipinski definition) is 3. The third kappa shape index (κ3) is 4.40. The Kier molecular flexibility index (Phi) is 6.94. The number of ether oxygens (including phenoxy) is 2. The van der Waals surface area contributed by atoms with Gasteiger partial charge in [-0.2, -0.15) is 0 Å². The number of fused-ring (bicyclic) bond motifs is 1. The summed E-state index contributed by atoms with van der Waals surface area (Å²) in [6, 6.07) is 4.75. The molecule has 0 aliphatic heterocycles. The van der Waals surface area contributed by atoms with Gasteiger partial charge in [0.1, 0.15) is 0 Å². The van der Waals surface area contributed by atoms with E-state index >= 15 is 0 Å². The summed E-state index contributed by atoms with van der Waals surface area (Å²) in [6.45, 7) is 6.97. The number of hydroxylamine groups is 1. The summed E-state index contributed by atoms with van der Waals surface area (Å²) < 4.78 is 10.3. The fourth-order valence-corrected chi connectivity index (χ4v) is 3.16. The topological polar surface area (TPSA) is 114 Å². The Bertz CT molecular complexity index is 878. The molecule has 2 aliphatic carbocycles. The lowest BCUT2D eigenvalue weighted by molar-refractivity contribution is -0.114. The maximum absolute atomic E-state index is 12.0. The Hall–Kier alpha value is -3.13. The number of aryl methyl sites for hydroxylation is 1. The molecule has 0 bridgehead atoms. The molecule has 0 aromatic heterocycles. The van der Waals surface area contributed by atoms with Crippen LogP contribution in [0.4, 0.5) is 10.5 Å². The standard InChI is InChI=1S/C20H24N2O6/c1-5-7-14-16-11(3)10-13(19(24)22-26)8-9-15(16)18(17(14)21-12(4)23)28-20(25)27-6-2/h8-10,26H,5-7H2,1-4H3,(H,21,23)(H,22,24). The van der Waals surface area contributed by atoms with Crippen molar-refractivity contribution in [3.63, 3.8) is 0 Å². The van der Waals surface area contributed by atoms with Crippen molar-refractivity contribution in [1.82, 2.24) is 5.48 Å². The molecule has 2 aliphatic rings. The average Bonchev–Trinajstić information content (AvgIpc) is 2.79. The number of nitrogens with one attached hydrogen (secondary N) is 2. The van der Waals surface area contributed by atoms with E-state index in [4.69, 9.17) is 14.7 Å². The second-order valence-electron chi connectivity index (χ2n) is 6.24. The van der Waals surface area contributed by atoms with Crippen LogP contribution >= 0.6 is 0 Å². The van der Waals surface area contributed by atoms with Gasteiger partial charge in [-0.1, -0.05) is 13.3 Å². The van der Waals surface area contributed by atoms with Crippen LogP contribution in [0.15, 0.2) is 18.2 Å². The molecular formula is C20H24N2O6. The van der Waals surface area contributed by atoms with E-state index in [1.807, 2.05) is 6.92 Å². The molecule has 0 heterocycles. The molecule has 8 heteroatoms. The number of amides is 2. The van der Waals surface area contributed by atoms with Crippen LogP contribution in [0, 0.1) is 6.92 Å². The molecule has 0 atom stereocenters. The van der Waals surface area contributed by atoms with Gasteiger partial charge in [0.15, 0.2) is 5.75 Å². The highest BCUT2D eigenvalue weighted by Gasteiger charge is 2.28. The summed E-state index contributed by atoms with van der Waals surface area (Å²) in [5.74, 6) is -0.793. The van der Waals surface area contributed by atoms with Crippen LogP contribution in [0.25, 0.3) is 11.1 Å². The Morgan fingerprint density at radius 3 is 2.46 bits per heavy atom. The smallest absolute Gasteiger partial charge is 0.434 e. The van der Waals surface area contributed by atoms with E-state index in [2.05, 4.69) is 5.32 Å². The molecule has 0 saturated carbocycles. The minimum absolute atomic E-state index is 0.141. The Morgan fingerprint density at radius 2 is 1.89 bits per heavy atom. The number of carbonyl (C=O) groups is 3. The van der Waals surface area contributed by atoms with Crippen LogP contribution in [0.3, 0.4) is 0 Å². The van der Waals surface area contributed by atoms with Gasteiger partial charge in [0.05, 0.1) is 12.3 Å². The first-order chi connectivity index (χ1) is 13.3. The third-order valence-corrected chi connectivity index (χ3v) is 4.15. The van der Waals surface area contributed by atoms with Crippen LogP contribution in [0.1, 0.15) is 48.7 Å². The highest BCUT2D eigenvalue weighted by atomic mass is 16.7. The molecular weight excluding hydrogens is 364 g/mol. The van der Waals surface area contributed by atoms with E-state index in [0.717, 1.165) is 23.1 Å². The second kappa shape index (κ2) is 9.18. The van der Waals surface area contributed by atoms with Gasteiger partial charge in [0, 0.05) is 18.1 Å². The van der Waals surface area contributed by atoms with Crippen molar-refractivity contribution in [2.75, 3.05) is 11.9 Å². The quantitative estimate of drug-likeness (QED) is 0.395. The summed E-state index contributed by atoms with van der Waals surface area (Å²) in [6.07, 6.45) is 0.513. The van der Waals surface area contributed by atoms with E-state index in [9.17, 15) is 14.4 Å². The molecule has 0 aromatic rings. The lowest BCUT2D eigenvalue weighted by atomic mass is 10.0. The molecule has 0 aromatic carbocycles. The van der Waals surface area contributed by atoms with Crippen LogP contribution in [-0.4, -0.2) is 29.8 Å². The van der Waals surface area contributed by atoms with E-state index in [-0.39, 0.29) is 23.8 Å². The lowest BCUT2D eigenvalue weighted by Gasteiger charge is -2.09. The highest BCUT2D eigenvalue weighted by Crippen LogP contribution is 2.48. The number of rotatable bonds is 6. The molecule has 150 valence electrons. The molecule has 3 N–H and O–H groups in total. The summed E-state index contributed by atoms with van der Waals surface area (Å²) >= 11 is 0. The number of hydrogen-bond acceptors (Lipinski definition) is 6. The summed E-state index contributed by atoms with van der Waals surface area (Å²) in [4.78, 5) is 35.6. The Labute approximate surface area is 163 Å². The summed E-state index contributed by atoms with van der Waals surface area (Å²) in [5.41, 5.74) is 5.11. The first kappa shape index (κ1) is 21.2. The third-order valence-electron chi connectivity index (χ3n) is 4.15. The fraction of sp³-hybridized carbons (Fsp3) is 0.350. The molecule has 0 saturated heterocycles. The van der Waals surface area contributed by atoms with Crippen molar-refractivity contribution in [3.05, 3.63) is 34.9 Å². The van der Waals surface area contributed by atoms with Gasteiger partial charge in [-0.3, -0.25) is 14.8 Å². The van der Waals surface area contributed by atoms with Crippen LogP contribution in [-0.2, 0) is 16.0 Å². The molecule has 28 heavy (non-hydrogen) atoms. The van der Waals surface area contributed by atoms with Gasteiger partial charge in [-0.25, -0.2) is 10.3 Å². The van der Waals surface area contributed by atoms with Gasteiger partial charge < -0.3 is 14.8 Å². The summed E-state index contributed by atoms with van der Waals surface area (Å²) in [7, 11) is 0. The fourth-order valence-electron chi connectivity index (χ4n) is 3.16. The first-order valence-corrected chi connectivity index (χ1v) is 8.99. The Morgan fingerprint density at radius 1 is 1.18 bits per heavy atom. The zero-order chi connectivity index (χ0) is 20.8. The van der Waals surface area contributed by atoms with E-state index < -0.39 is 12.1 Å². The maximum Gasteiger partial charge on any atom is 0.513 e. The SMILES string of the molecule is CCCc1c(NC(C)=O)c(OC(=O)OCC)c2ccc(C(=O)NO)cc(C)c1-2. The highest BCUT2D eigenvalue weighted by molar-refractivity contribution is 6.01. The molecule has 0 unspecified atom stereocenters. The van der Waals surface area contributed by atoms with Gasteiger partial charge in [0.2, 0.25) is 5.91 Å². The van der Waals surface area contributed by atoms with Gasteiger partial charge in [0.25, 0.3) is 5.91 Å². The van der Waals surface area contributed by atoms with E-state index in [1.165, 1.54) is 13.0 Å². The van der Waals surface area contributed by atoms with Gasteiger partial charge in [-0.15, -0.1) is 0 Å². The maximum atomic E-state index is 12.0. The predicted molar refractivity (Wildman–Crippen MR) is 103 cm³/mol. The molecule has 8 nitrogen and oxygen atoms in total. The zero-order valence-corrected chi connectivity index (χ0v) is 16.3. The lowest BCUT2D eigenvalue weighted by Crippen LogP contribution is -2.18. The van der Waals surface area contributed by atoms with Crippen LogP contribution < -0.4 is 15.5 Å². The van der Waals surface area contributed by atoms with Crippen LogP contribution in [0.5, 0.6) is 5.75 Å². The summed E-state index contributed by atoms with van der Waals surface area (Å²) in [5, 5.41) is 11.7. The molecule has 2 rings (SSSR count). The number of anilines is 1. The minimum Gasteiger partial charge on any atom is -0.434 e. The van der Waals surface area contributed by atoms with Crippen molar-refractivity contribution in [1.29, 1.82) is 0 Å². The monoisotopic (exact) mass is 388 g/mol. The molecule has 0 fully saturated rings. The van der Waals surface area contributed by atoms with Gasteiger partial charge in [-0.05, 0) is 55.2 Å². The van der Waals surface area contributed by atoms with Crippen LogP contribution in [0.2, 0.25) is 0 Å². The van der Waals surface area contributed by atoms with E-state index in [1.54, 1.807) is 31.5 Å². The predicted octanol–water partition coefficient (Wildman–Crippen LogP) is 3.67. The molecule has 0 spiro atoms. The minimum atomic E-state index is -0.887. The molecule has 2 amide bonds. The van der Waals surface area contributed by atoms with Crippen molar-refractivity contribution < 1.29 is 29.1 Å². The zero-order valence-electron chi connectivity index (χ0n) is 16.3. The van der Waals surface area contributed by atoms with Crippen molar-refractivity contribution in [3.8, 4) is 16.9 Å². The second-order valence-corrected chi connectivity index (χ2v) is 6.24. The average molecular weight is 388 g/mol. The largest absolute Gasteiger partial charge is 0.513 e. The Balaban J connectivity index is 2.80. The van der Waals surface area contributed by atoms with Crippen molar-refractivity contribution in [2.45, 2.75) is 40.5 Å². The molecule has 0 radical (unpaired) electrons.